The first-order valence-electron chi connectivity index (χ1n) is 10.1. The molecule has 2 heterocycles. The maximum Gasteiger partial charge on any atom is 0.260 e. The van der Waals surface area contributed by atoms with Gasteiger partial charge < -0.3 is 15.1 Å². The van der Waals surface area contributed by atoms with Crippen LogP contribution in [0.2, 0.25) is 0 Å². The lowest BCUT2D eigenvalue weighted by Crippen LogP contribution is -2.39. The van der Waals surface area contributed by atoms with Crippen LogP contribution in [0, 0.1) is 0 Å². The number of pyridine rings is 1. The molecular formula is C21H27N5O3S. The van der Waals surface area contributed by atoms with E-state index in [-0.39, 0.29) is 18.0 Å². The van der Waals surface area contributed by atoms with E-state index in [9.17, 15) is 13.2 Å². The fraction of sp³-hybridized carbons (Fsp3) is 0.429. The average molecular weight is 430 g/mol. The van der Waals surface area contributed by atoms with Gasteiger partial charge in [0.25, 0.3) is 5.91 Å². The van der Waals surface area contributed by atoms with Gasteiger partial charge in [-0.1, -0.05) is 12.1 Å². The second-order valence-electron chi connectivity index (χ2n) is 8.08. The largest absolute Gasteiger partial charge is 0.367 e. The van der Waals surface area contributed by atoms with Crippen LogP contribution in [-0.2, 0) is 10.0 Å². The zero-order chi connectivity index (χ0) is 21.5. The number of hydrogen-bond acceptors (Lipinski definition) is 6. The van der Waals surface area contributed by atoms with E-state index in [1.807, 2.05) is 42.3 Å². The Hall–Kier alpha value is -2.65. The van der Waals surface area contributed by atoms with Gasteiger partial charge in [0.1, 0.15) is 5.82 Å². The van der Waals surface area contributed by atoms with E-state index in [4.69, 9.17) is 0 Å². The number of aromatic nitrogens is 1. The minimum Gasteiger partial charge on any atom is -0.367 e. The van der Waals surface area contributed by atoms with Gasteiger partial charge in [0.15, 0.2) is 0 Å². The molecule has 2 aliphatic rings. The highest BCUT2D eigenvalue weighted by Gasteiger charge is 2.28. The van der Waals surface area contributed by atoms with Crippen molar-refractivity contribution in [1.29, 1.82) is 0 Å². The number of carbonyl (C=O) groups excluding carboxylic acids is 1. The molecule has 8 nitrogen and oxygen atoms in total. The smallest absolute Gasteiger partial charge is 0.260 e. The molecule has 0 bridgehead atoms. The Morgan fingerprint density at radius 2 is 1.63 bits per heavy atom. The molecule has 2 aromatic rings. The van der Waals surface area contributed by atoms with Crippen molar-refractivity contribution in [3.05, 3.63) is 42.1 Å². The highest BCUT2D eigenvalue weighted by atomic mass is 32.2. The number of fused-ring (bicyclic) bond motifs is 2. The van der Waals surface area contributed by atoms with Gasteiger partial charge in [-0.3, -0.25) is 4.79 Å². The second-order valence-corrected chi connectivity index (χ2v) is 9.86. The fourth-order valence-corrected chi connectivity index (χ4v) is 5.12. The third kappa shape index (κ3) is 4.13. The lowest BCUT2D eigenvalue weighted by atomic mass is 9.92. The molecule has 1 aliphatic heterocycles. The Morgan fingerprint density at radius 3 is 2.33 bits per heavy atom. The summed E-state index contributed by atoms with van der Waals surface area (Å²) in [6.07, 6.45) is 6.24. The molecule has 0 radical (unpaired) electrons. The zero-order valence-electron chi connectivity index (χ0n) is 17.4. The number of benzene rings is 1. The fourth-order valence-electron chi connectivity index (χ4n) is 4.28. The van der Waals surface area contributed by atoms with Crippen molar-refractivity contribution in [2.24, 2.45) is 0 Å². The Balaban J connectivity index is 1.53. The maximum absolute atomic E-state index is 12.9. The van der Waals surface area contributed by atoms with Gasteiger partial charge in [-0.25, -0.2) is 18.1 Å². The molecule has 4 rings (SSSR count). The number of nitrogens with zero attached hydrogens (tertiary/aromatic N) is 3. The summed E-state index contributed by atoms with van der Waals surface area (Å²) in [5, 5.41) is 3.49. The Kier molecular flexibility index (Phi) is 5.42. The SMILES string of the molecule is CN1C(=O)c2ccccc2N(C)c2cc(NC3CCC(NS(C)(=O)=O)CC3)ncc21. The van der Waals surface area contributed by atoms with Crippen molar-refractivity contribution in [2.45, 2.75) is 37.8 Å². The Bertz CT molecular complexity index is 1060. The molecule has 0 unspecified atom stereocenters. The first kappa shape index (κ1) is 20.6. The topological polar surface area (TPSA) is 94.6 Å². The van der Waals surface area contributed by atoms with Crippen LogP contribution in [0.1, 0.15) is 36.0 Å². The molecule has 160 valence electrons. The lowest BCUT2D eigenvalue weighted by Gasteiger charge is -2.30. The molecule has 1 aliphatic carbocycles. The van der Waals surface area contributed by atoms with Gasteiger partial charge in [-0.2, -0.15) is 0 Å². The third-order valence-electron chi connectivity index (χ3n) is 5.84. The van der Waals surface area contributed by atoms with Gasteiger partial charge in [0, 0.05) is 32.2 Å². The van der Waals surface area contributed by atoms with E-state index >= 15 is 0 Å². The molecule has 2 N–H and O–H groups in total. The molecule has 30 heavy (non-hydrogen) atoms. The minimum atomic E-state index is -3.17. The molecule has 1 fully saturated rings. The third-order valence-corrected chi connectivity index (χ3v) is 6.61. The predicted octanol–water partition coefficient (Wildman–Crippen LogP) is 2.71. The zero-order valence-corrected chi connectivity index (χ0v) is 18.2. The van der Waals surface area contributed by atoms with E-state index in [2.05, 4.69) is 15.0 Å². The van der Waals surface area contributed by atoms with Crippen LogP contribution in [0.15, 0.2) is 36.5 Å². The summed E-state index contributed by atoms with van der Waals surface area (Å²) in [6, 6.07) is 9.79. The number of amides is 1. The number of sulfonamides is 1. The number of para-hydroxylation sites is 1. The van der Waals surface area contributed by atoms with Gasteiger partial charge in [0.05, 0.1) is 35.1 Å². The van der Waals surface area contributed by atoms with Crippen LogP contribution in [0.5, 0.6) is 0 Å². The van der Waals surface area contributed by atoms with Crippen LogP contribution in [0.4, 0.5) is 22.9 Å². The standard InChI is InChI=1S/C21H27N5O3S/c1-25-17-7-5-4-6-16(17)21(27)26(2)19-13-22-20(12-18(19)25)23-14-8-10-15(11-9-14)24-30(3,28)29/h4-7,12-15,24H,8-11H2,1-3H3,(H,22,23). The van der Waals surface area contributed by atoms with E-state index in [0.29, 0.717) is 5.56 Å². The molecule has 1 amide bonds. The van der Waals surface area contributed by atoms with Crippen LogP contribution in [0.25, 0.3) is 0 Å². The highest BCUT2D eigenvalue weighted by Crippen LogP contribution is 2.39. The number of anilines is 4. The van der Waals surface area contributed by atoms with Crippen molar-refractivity contribution < 1.29 is 13.2 Å². The van der Waals surface area contributed by atoms with Crippen LogP contribution in [-0.4, -0.2) is 51.7 Å². The molecular weight excluding hydrogens is 402 g/mol. The molecule has 0 saturated heterocycles. The highest BCUT2D eigenvalue weighted by molar-refractivity contribution is 7.88. The summed E-state index contributed by atoms with van der Waals surface area (Å²) in [7, 11) is 0.546. The van der Waals surface area contributed by atoms with Crippen LogP contribution < -0.4 is 19.8 Å². The molecule has 0 spiro atoms. The quantitative estimate of drug-likeness (QED) is 0.776. The average Bonchev–Trinajstić information content (AvgIpc) is 2.79. The van der Waals surface area contributed by atoms with Crippen molar-refractivity contribution in [2.75, 3.05) is 35.5 Å². The van der Waals surface area contributed by atoms with Gasteiger partial charge in [0.2, 0.25) is 10.0 Å². The van der Waals surface area contributed by atoms with Crippen molar-refractivity contribution in [1.82, 2.24) is 9.71 Å². The summed E-state index contributed by atoms with van der Waals surface area (Å²) in [5.74, 6) is 0.691. The van der Waals surface area contributed by atoms with Crippen molar-refractivity contribution in [3.8, 4) is 0 Å². The first-order chi connectivity index (χ1) is 14.2. The normalized spacial score (nSPS) is 21.6. The first-order valence-corrected chi connectivity index (χ1v) is 12.0. The Morgan fingerprint density at radius 1 is 0.967 bits per heavy atom. The molecule has 9 heteroatoms. The summed E-state index contributed by atoms with van der Waals surface area (Å²) in [5.41, 5.74) is 3.17. The summed E-state index contributed by atoms with van der Waals surface area (Å²) < 4.78 is 25.6. The van der Waals surface area contributed by atoms with E-state index in [1.165, 1.54) is 6.26 Å². The van der Waals surface area contributed by atoms with Crippen molar-refractivity contribution in [3.63, 3.8) is 0 Å². The van der Waals surface area contributed by atoms with Crippen LogP contribution >= 0.6 is 0 Å². The predicted molar refractivity (Wildman–Crippen MR) is 119 cm³/mol. The summed E-state index contributed by atoms with van der Waals surface area (Å²) in [6.45, 7) is 0. The van der Waals surface area contributed by atoms with Crippen molar-refractivity contribution >= 4 is 38.8 Å². The molecule has 1 aromatic heterocycles. The van der Waals surface area contributed by atoms with Crippen LogP contribution in [0.3, 0.4) is 0 Å². The monoisotopic (exact) mass is 429 g/mol. The van der Waals surface area contributed by atoms with Gasteiger partial charge in [-0.05, 0) is 37.8 Å². The van der Waals surface area contributed by atoms with Gasteiger partial charge in [-0.15, -0.1) is 0 Å². The Labute approximate surface area is 177 Å². The minimum absolute atomic E-state index is 0.000325. The number of hydrogen-bond donors (Lipinski definition) is 2. The molecule has 1 saturated carbocycles. The van der Waals surface area contributed by atoms with E-state index in [0.717, 1.165) is 48.6 Å². The second kappa shape index (κ2) is 7.88. The van der Waals surface area contributed by atoms with E-state index < -0.39 is 10.0 Å². The van der Waals surface area contributed by atoms with E-state index in [1.54, 1.807) is 18.1 Å². The summed E-state index contributed by atoms with van der Waals surface area (Å²) >= 11 is 0. The molecule has 0 atom stereocenters. The summed E-state index contributed by atoms with van der Waals surface area (Å²) in [4.78, 5) is 21.1. The lowest BCUT2D eigenvalue weighted by molar-refractivity contribution is 0.0994. The number of rotatable bonds is 4. The maximum atomic E-state index is 12.9. The number of nitrogens with one attached hydrogen (secondary N) is 2. The van der Waals surface area contributed by atoms with Gasteiger partial charge >= 0.3 is 0 Å². The molecule has 1 aromatic carbocycles. The number of carbonyl (C=O) groups is 1.